The summed E-state index contributed by atoms with van der Waals surface area (Å²) in [6, 6.07) is -0.947. The average molecular weight is 333 g/mol. The molecule has 10 heteroatoms. The Morgan fingerprint density at radius 1 is 1.43 bits per heavy atom. The van der Waals surface area contributed by atoms with Crippen LogP contribution in [0.15, 0.2) is 9.72 Å². The highest BCUT2D eigenvalue weighted by Crippen LogP contribution is 2.20. The number of likely N-dealkylation sites (tertiary alicyclic amines) is 1. The molecule has 1 saturated heterocycles. The first kappa shape index (κ1) is 15.9. The molecule has 1 aliphatic rings. The number of nitrogens with zero attached hydrogens (tertiary/aromatic N) is 2. The van der Waals surface area contributed by atoms with Gasteiger partial charge in [0.2, 0.25) is 5.91 Å². The summed E-state index contributed by atoms with van der Waals surface area (Å²) in [5.41, 5.74) is 0.610. The minimum atomic E-state index is -4.09. The largest absolute Gasteiger partial charge is 0.476 e. The number of sulfonamides is 1. The third-order valence-electron chi connectivity index (χ3n) is 3.10. The van der Waals surface area contributed by atoms with Crippen molar-refractivity contribution in [1.29, 1.82) is 0 Å². The SMILES string of the molecule is CC(NS(=O)(=O)c1scnc1C(=O)O)C(=O)N1CCCC1. The van der Waals surface area contributed by atoms with Crippen LogP contribution in [0, 0.1) is 0 Å². The van der Waals surface area contributed by atoms with Gasteiger partial charge in [-0.1, -0.05) is 0 Å². The Kier molecular flexibility index (Phi) is 4.59. The van der Waals surface area contributed by atoms with Gasteiger partial charge in [-0.15, -0.1) is 11.3 Å². The molecule has 116 valence electrons. The molecule has 1 aromatic rings. The van der Waals surface area contributed by atoms with E-state index < -0.39 is 31.9 Å². The number of rotatable bonds is 5. The molecule has 1 amide bonds. The summed E-state index contributed by atoms with van der Waals surface area (Å²) in [5, 5.41) is 8.91. The maximum absolute atomic E-state index is 12.2. The van der Waals surface area contributed by atoms with Gasteiger partial charge in [0.05, 0.1) is 11.6 Å². The molecule has 0 bridgehead atoms. The molecule has 1 fully saturated rings. The van der Waals surface area contributed by atoms with E-state index in [-0.39, 0.29) is 5.91 Å². The minimum Gasteiger partial charge on any atom is -0.476 e. The van der Waals surface area contributed by atoms with E-state index in [4.69, 9.17) is 5.11 Å². The Hall–Kier alpha value is -1.52. The van der Waals surface area contributed by atoms with Crippen LogP contribution in [0.25, 0.3) is 0 Å². The van der Waals surface area contributed by atoms with Crippen LogP contribution in [-0.2, 0) is 14.8 Å². The maximum Gasteiger partial charge on any atom is 0.356 e. The van der Waals surface area contributed by atoms with E-state index >= 15 is 0 Å². The van der Waals surface area contributed by atoms with E-state index in [2.05, 4.69) is 9.71 Å². The highest BCUT2D eigenvalue weighted by Gasteiger charge is 2.31. The summed E-state index contributed by atoms with van der Waals surface area (Å²) in [6.45, 7) is 2.68. The molecule has 21 heavy (non-hydrogen) atoms. The van der Waals surface area contributed by atoms with Gasteiger partial charge in [0.1, 0.15) is 0 Å². The van der Waals surface area contributed by atoms with Crippen molar-refractivity contribution in [3.05, 3.63) is 11.2 Å². The second-order valence-electron chi connectivity index (χ2n) is 4.67. The van der Waals surface area contributed by atoms with E-state index in [9.17, 15) is 18.0 Å². The van der Waals surface area contributed by atoms with E-state index in [0.29, 0.717) is 24.4 Å². The van der Waals surface area contributed by atoms with Crippen molar-refractivity contribution in [2.45, 2.75) is 30.0 Å². The fourth-order valence-electron chi connectivity index (χ4n) is 2.12. The monoisotopic (exact) mass is 333 g/mol. The van der Waals surface area contributed by atoms with Gasteiger partial charge in [-0.05, 0) is 19.8 Å². The van der Waals surface area contributed by atoms with Crippen molar-refractivity contribution in [2.24, 2.45) is 0 Å². The van der Waals surface area contributed by atoms with E-state index in [1.165, 1.54) is 6.92 Å². The summed E-state index contributed by atoms with van der Waals surface area (Å²) in [6.07, 6.45) is 1.81. The highest BCUT2D eigenvalue weighted by atomic mass is 32.2. The van der Waals surface area contributed by atoms with E-state index in [0.717, 1.165) is 18.4 Å². The fraction of sp³-hybridized carbons (Fsp3) is 0.545. The lowest BCUT2D eigenvalue weighted by Crippen LogP contribution is -2.45. The van der Waals surface area contributed by atoms with Gasteiger partial charge in [0.25, 0.3) is 10.0 Å². The average Bonchev–Trinajstić information content (AvgIpc) is 3.08. The maximum atomic E-state index is 12.2. The molecule has 2 N–H and O–H groups in total. The van der Waals surface area contributed by atoms with Crippen LogP contribution in [-0.4, -0.2) is 54.4 Å². The first-order valence-electron chi connectivity index (χ1n) is 6.31. The van der Waals surface area contributed by atoms with Crippen LogP contribution in [0.3, 0.4) is 0 Å². The van der Waals surface area contributed by atoms with Crippen LogP contribution >= 0.6 is 11.3 Å². The Morgan fingerprint density at radius 2 is 2.05 bits per heavy atom. The number of hydrogen-bond acceptors (Lipinski definition) is 6. The number of thiazole rings is 1. The lowest BCUT2D eigenvalue weighted by atomic mass is 10.3. The molecule has 8 nitrogen and oxygen atoms in total. The minimum absolute atomic E-state index is 0.308. The van der Waals surface area contributed by atoms with Gasteiger partial charge in [-0.3, -0.25) is 4.79 Å². The predicted molar refractivity (Wildman–Crippen MR) is 74.7 cm³/mol. The zero-order valence-corrected chi connectivity index (χ0v) is 12.9. The van der Waals surface area contributed by atoms with E-state index in [1.807, 2.05) is 0 Å². The Labute approximate surface area is 125 Å². The predicted octanol–water partition coefficient (Wildman–Crippen LogP) is 0.130. The van der Waals surface area contributed by atoms with Crippen LogP contribution in [0.5, 0.6) is 0 Å². The third kappa shape index (κ3) is 3.39. The first-order chi connectivity index (χ1) is 9.83. The molecule has 1 aromatic heterocycles. The molecule has 0 aromatic carbocycles. The van der Waals surface area contributed by atoms with Crippen LogP contribution in [0.4, 0.5) is 0 Å². The zero-order chi connectivity index (χ0) is 15.6. The van der Waals surface area contributed by atoms with Crippen molar-refractivity contribution in [2.75, 3.05) is 13.1 Å². The van der Waals surface area contributed by atoms with Crippen molar-refractivity contribution in [3.8, 4) is 0 Å². The van der Waals surface area contributed by atoms with Crippen LogP contribution < -0.4 is 4.72 Å². The van der Waals surface area contributed by atoms with Gasteiger partial charge in [-0.25, -0.2) is 18.2 Å². The van der Waals surface area contributed by atoms with Crippen LogP contribution in [0.2, 0.25) is 0 Å². The summed E-state index contributed by atoms with van der Waals surface area (Å²) >= 11 is 0.703. The number of nitrogens with one attached hydrogen (secondary N) is 1. The molecule has 2 rings (SSSR count). The number of hydrogen-bond donors (Lipinski definition) is 2. The quantitative estimate of drug-likeness (QED) is 0.791. The highest BCUT2D eigenvalue weighted by molar-refractivity contribution is 7.91. The van der Waals surface area contributed by atoms with Crippen molar-refractivity contribution in [1.82, 2.24) is 14.6 Å². The first-order valence-corrected chi connectivity index (χ1v) is 8.67. The fourth-order valence-corrected chi connectivity index (χ4v) is 4.47. The van der Waals surface area contributed by atoms with Gasteiger partial charge < -0.3 is 10.0 Å². The molecular formula is C11H15N3O5S2. The van der Waals surface area contributed by atoms with Gasteiger partial charge in [0.15, 0.2) is 9.90 Å². The number of carbonyl (C=O) groups excluding carboxylic acids is 1. The summed E-state index contributed by atoms with van der Waals surface area (Å²) in [7, 11) is -4.09. The zero-order valence-electron chi connectivity index (χ0n) is 11.3. The van der Waals surface area contributed by atoms with Crippen molar-refractivity contribution >= 4 is 33.2 Å². The van der Waals surface area contributed by atoms with Gasteiger partial charge in [-0.2, -0.15) is 4.72 Å². The Balaban J connectivity index is 2.15. The molecule has 0 aliphatic carbocycles. The van der Waals surface area contributed by atoms with Gasteiger partial charge >= 0.3 is 5.97 Å². The second-order valence-corrected chi connectivity index (χ2v) is 7.43. The molecule has 1 aliphatic heterocycles. The lowest BCUT2D eigenvalue weighted by Gasteiger charge is -2.20. The summed E-state index contributed by atoms with van der Waals surface area (Å²) in [4.78, 5) is 28.1. The number of carboxylic acids is 1. The normalized spacial score (nSPS) is 16.9. The topological polar surface area (TPSA) is 117 Å². The summed E-state index contributed by atoms with van der Waals surface area (Å²) in [5.74, 6) is -1.73. The molecule has 2 heterocycles. The molecular weight excluding hydrogens is 318 g/mol. The molecule has 0 spiro atoms. The number of carboxylic acid groups (broad SMARTS) is 1. The number of aromatic nitrogens is 1. The van der Waals surface area contributed by atoms with Gasteiger partial charge in [0, 0.05) is 13.1 Å². The summed E-state index contributed by atoms with van der Waals surface area (Å²) < 4.78 is 26.2. The molecule has 1 atom stereocenters. The number of carbonyl (C=O) groups is 2. The lowest BCUT2D eigenvalue weighted by molar-refractivity contribution is -0.131. The smallest absolute Gasteiger partial charge is 0.356 e. The number of aromatic carboxylic acids is 1. The standard InChI is InChI=1S/C11H15N3O5S2/c1-7(9(15)14-4-2-3-5-14)13-21(18,19)11-8(10(16)17)12-6-20-11/h6-7,13H,2-5H2,1H3,(H,16,17). The van der Waals surface area contributed by atoms with Crippen molar-refractivity contribution in [3.63, 3.8) is 0 Å². The third-order valence-corrected chi connectivity index (χ3v) is 6.01. The van der Waals surface area contributed by atoms with E-state index in [1.54, 1.807) is 4.90 Å². The Bertz CT molecular complexity index is 649. The van der Waals surface area contributed by atoms with Crippen LogP contribution in [0.1, 0.15) is 30.3 Å². The van der Waals surface area contributed by atoms with Crippen molar-refractivity contribution < 1.29 is 23.1 Å². The molecule has 0 radical (unpaired) electrons. The number of amides is 1. The second kappa shape index (κ2) is 6.08. The Morgan fingerprint density at radius 3 is 2.62 bits per heavy atom. The molecule has 0 saturated carbocycles. The molecule has 1 unspecified atom stereocenters.